The number of halogens is 1. The molecule has 0 fully saturated rings. The lowest BCUT2D eigenvalue weighted by Crippen LogP contribution is -2.21. The largest absolute Gasteiger partial charge is 0.495 e. The summed E-state index contributed by atoms with van der Waals surface area (Å²) in [6.07, 6.45) is 3.43. The lowest BCUT2D eigenvalue weighted by molar-refractivity contribution is 0.401. The van der Waals surface area contributed by atoms with E-state index in [9.17, 15) is 0 Å². The molecule has 1 N–H and O–H groups in total. The number of rotatable bonds is 4. The van der Waals surface area contributed by atoms with Gasteiger partial charge in [0.25, 0.3) is 0 Å². The quantitative estimate of drug-likeness (QED) is 0.920. The van der Waals surface area contributed by atoms with Gasteiger partial charge >= 0.3 is 0 Å². The van der Waals surface area contributed by atoms with Crippen molar-refractivity contribution < 1.29 is 4.74 Å². The highest BCUT2D eigenvalue weighted by Crippen LogP contribution is 2.29. The van der Waals surface area contributed by atoms with Gasteiger partial charge in [-0.3, -0.25) is 9.97 Å². The van der Waals surface area contributed by atoms with Crippen LogP contribution in [0.1, 0.15) is 17.4 Å². The van der Waals surface area contributed by atoms with Gasteiger partial charge in [-0.2, -0.15) is 0 Å². The summed E-state index contributed by atoms with van der Waals surface area (Å²) in [5.74, 6) is 0.707. The molecule has 0 saturated carbocycles. The Morgan fingerprint density at radius 1 is 1.17 bits per heavy atom. The van der Waals surface area contributed by atoms with E-state index in [1.807, 2.05) is 25.2 Å². The maximum atomic E-state index is 6.17. The molecule has 1 unspecified atom stereocenters. The first-order valence-corrected chi connectivity index (χ1v) is 5.92. The number of ether oxygens (including phenoxy) is 1. The Hall–Kier alpha value is -1.65. The van der Waals surface area contributed by atoms with Gasteiger partial charge in [0.05, 0.1) is 23.9 Å². The van der Waals surface area contributed by atoms with Crippen molar-refractivity contribution in [1.29, 1.82) is 0 Å². The minimum atomic E-state index is -0.199. The molecule has 0 aromatic carbocycles. The topological polar surface area (TPSA) is 47.0 Å². The van der Waals surface area contributed by atoms with Crippen LogP contribution in [0.3, 0.4) is 0 Å². The zero-order valence-corrected chi connectivity index (χ0v) is 11.0. The SMILES string of the molecule is CNC(c1ncccc1Cl)c1ncccc1OC. The average Bonchev–Trinajstić information content (AvgIpc) is 2.42. The molecule has 0 aliphatic heterocycles. The molecule has 2 heterocycles. The first-order valence-electron chi connectivity index (χ1n) is 5.54. The van der Waals surface area contributed by atoms with Crippen LogP contribution in [0.5, 0.6) is 5.75 Å². The van der Waals surface area contributed by atoms with Crippen LogP contribution in [0, 0.1) is 0 Å². The van der Waals surface area contributed by atoms with Gasteiger partial charge in [0.1, 0.15) is 11.4 Å². The number of nitrogens with zero attached hydrogens (tertiary/aromatic N) is 2. The Balaban J connectivity index is 2.49. The first kappa shape index (κ1) is 12.8. The highest BCUT2D eigenvalue weighted by molar-refractivity contribution is 6.31. The zero-order chi connectivity index (χ0) is 13.0. The maximum absolute atomic E-state index is 6.17. The normalized spacial score (nSPS) is 12.2. The molecule has 0 aliphatic rings. The zero-order valence-electron chi connectivity index (χ0n) is 10.2. The summed E-state index contributed by atoms with van der Waals surface area (Å²) in [6.45, 7) is 0. The van der Waals surface area contributed by atoms with Crippen LogP contribution in [-0.4, -0.2) is 24.1 Å². The second-order valence-electron chi connectivity index (χ2n) is 3.68. The predicted octanol–water partition coefficient (Wildman–Crippen LogP) is 2.45. The maximum Gasteiger partial charge on any atom is 0.142 e. The van der Waals surface area contributed by atoms with Crippen LogP contribution in [0.2, 0.25) is 5.02 Å². The van der Waals surface area contributed by atoms with Crippen LogP contribution >= 0.6 is 11.6 Å². The molecule has 2 aromatic heterocycles. The summed E-state index contributed by atoms with van der Waals surface area (Å²) in [4.78, 5) is 8.66. The molecule has 5 heteroatoms. The van der Waals surface area contributed by atoms with Crippen molar-refractivity contribution in [2.24, 2.45) is 0 Å². The summed E-state index contributed by atoms with van der Waals surface area (Å²) in [5.41, 5.74) is 1.50. The fraction of sp³-hybridized carbons (Fsp3) is 0.231. The molecule has 1 atom stereocenters. The minimum absolute atomic E-state index is 0.199. The van der Waals surface area contributed by atoms with Gasteiger partial charge in [-0.15, -0.1) is 0 Å². The molecule has 0 radical (unpaired) electrons. The van der Waals surface area contributed by atoms with Crippen LogP contribution in [0.4, 0.5) is 0 Å². The molecular weight excluding hydrogens is 250 g/mol. The second-order valence-corrected chi connectivity index (χ2v) is 4.09. The summed E-state index contributed by atoms with van der Waals surface area (Å²) in [7, 11) is 3.46. The summed E-state index contributed by atoms with van der Waals surface area (Å²) >= 11 is 6.17. The van der Waals surface area contributed by atoms with Crippen molar-refractivity contribution in [3.05, 3.63) is 53.1 Å². The van der Waals surface area contributed by atoms with Crippen molar-refractivity contribution in [3.8, 4) is 5.75 Å². The number of pyridine rings is 2. The van der Waals surface area contributed by atoms with Crippen molar-refractivity contribution in [3.63, 3.8) is 0 Å². The molecule has 0 bridgehead atoms. The predicted molar refractivity (Wildman–Crippen MR) is 70.9 cm³/mol. The molecule has 2 rings (SSSR count). The molecule has 0 saturated heterocycles. The number of methoxy groups -OCH3 is 1. The van der Waals surface area contributed by atoms with Crippen molar-refractivity contribution >= 4 is 11.6 Å². The van der Waals surface area contributed by atoms with Gasteiger partial charge in [0.15, 0.2) is 0 Å². The van der Waals surface area contributed by atoms with Gasteiger partial charge in [-0.05, 0) is 31.3 Å². The highest BCUT2D eigenvalue weighted by atomic mass is 35.5. The Kier molecular flexibility index (Phi) is 4.12. The summed E-state index contributed by atoms with van der Waals surface area (Å²) < 4.78 is 5.32. The van der Waals surface area contributed by atoms with Gasteiger partial charge in [0.2, 0.25) is 0 Å². The number of hydrogen-bond donors (Lipinski definition) is 1. The monoisotopic (exact) mass is 263 g/mol. The van der Waals surface area contributed by atoms with Crippen LogP contribution < -0.4 is 10.1 Å². The Morgan fingerprint density at radius 3 is 2.44 bits per heavy atom. The first-order chi connectivity index (χ1) is 8.77. The Bertz CT molecular complexity index is 533. The Labute approximate surface area is 111 Å². The lowest BCUT2D eigenvalue weighted by Gasteiger charge is -2.18. The molecular formula is C13H14ClN3O. The van der Waals surface area contributed by atoms with E-state index in [0.29, 0.717) is 10.8 Å². The van der Waals surface area contributed by atoms with E-state index >= 15 is 0 Å². The molecule has 18 heavy (non-hydrogen) atoms. The van der Waals surface area contributed by atoms with Crippen molar-refractivity contribution in [1.82, 2.24) is 15.3 Å². The number of nitrogens with one attached hydrogen (secondary N) is 1. The van der Waals surface area contributed by atoms with E-state index in [-0.39, 0.29) is 6.04 Å². The van der Waals surface area contributed by atoms with Crippen molar-refractivity contribution in [2.75, 3.05) is 14.2 Å². The number of hydrogen-bond acceptors (Lipinski definition) is 4. The molecule has 94 valence electrons. The molecule has 2 aromatic rings. The molecule has 4 nitrogen and oxygen atoms in total. The average molecular weight is 264 g/mol. The molecule has 0 amide bonds. The Morgan fingerprint density at radius 2 is 1.83 bits per heavy atom. The van der Waals surface area contributed by atoms with E-state index in [0.717, 1.165) is 11.4 Å². The van der Waals surface area contributed by atoms with E-state index in [1.54, 1.807) is 25.6 Å². The summed E-state index contributed by atoms with van der Waals surface area (Å²) in [6, 6.07) is 7.10. The number of aromatic nitrogens is 2. The van der Waals surface area contributed by atoms with E-state index in [4.69, 9.17) is 16.3 Å². The lowest BCUT2D eigenvalue weighted by atomic mass is 10.1. The minimum Gasteiger partial charge on any atom is -0.495 e. The van der Waals surface area contributed by atoms with E-state index in [2.05, 4.69) is 15.3 Å². The van der Waals surface area contributed by atoms with Gasteiger partial charge in [-0.1, -0.05) is 11.6 Å². The molecule has 0 spiro atoms. The smallest absolute Gasteiger partial charge is 0.142 e. The third-order valence-electron chi connectivity index (χ3n) is 2.64. The van der Waals surface area contributed by atoms with Gasteiger partial charge in [0, 0.05) is 12.4 Å². The van der Waals surface area contributed by atoms with Gasteiger partial charge in [-0.25, -0.2) is 0 Å². The van der Waals surface area contributed by atoms with Crippen LogP contribution in [0.15, 0.2) is 36.7 Å². The van der Waals surface area contributed by atoms with Gasteiger partial charge < -0.3 is 10.1 Å². The van der Waals surface area contributed by atoms with E-state index in [1.165, 1.54) is 0 Å². The van der Waals surface area contributed by atoms with Crippen LogP contribution in [0.25, 0.3) is 0 Å². The highest BCUT2D eigenvalue weighted by Gasteiger charge is 2.21. The molecule has 0 aliphatic carbocycles. The van der Waals surface area contributed by atoms with E-state index < -0.39 is 0 Å². The standard InChI is InChI=1S/C13H14ClN3O/c1-15-13(11-9(14)5-3-7-16-11)12-10(18-2)6-4-8-17-12/h3-8,13,15H,1-2H3. The van der Waals surface area contributed by atoms with Crippen molar-refractivity contribution in [2.45, 2.75) is 6.04 Å². The summed E-state index contributed by atoms with van der Waals surface area (Å²) in [5, 5.41) is 3.76. The third-order valence-corrected chi connectivity index (χ3v) is 2.96. The fourth-order valence-corrected chi connectivity index (χ4v) is 2.04. The van der Waals surface area contributed by atoms with Crippen LogP contribution in [-0.2, 0) is 0 Å². The fourth-order valence-electron chi connectivity index (χ4n) is 1.81. The third kappa shape index (κ3) is 2.44. The second kappa shape index (κ2) is 5.80.